The number of carbonyl (C=O) groups excluding carboxylic acids is 1. The smallest absolute Gasteiger partial charge is 0.221 e. The van der Waals surface area contributed by atoms with E-state index in [1.54, 1.807) is 11.3 Å². The third kappa shape index (κ3) is 3.94. The van der Waals surface area contributed by atoms with Crippen LogP contribution in [0.25, 0.3) is 0 Å². The molecule has 2 N–H and O–H groups in total. The third-order valence-corrected chi connectivity index (χ3v) is 3.75. The highest BCUT2D eigenvalue weighted by atomic mass is 32.1. The largest absolute Gasteiger partial charge is 0.355 e. The summed E-state index contributed by atoms with van der Waals surface area (Å²) in [4.78, 5) is 12.8. The van der Waals surface area contributed by atoms with Gasteiger partial charge < -0.3 is 10.6 Å². The zero-order chi connectivity index (χ0) is 12.0. The van der Waals surface area contributed by atoms with Gasteiger partial charge >= 0.3 is 0 Å². The Morgan fingerprint density at radius 3 is 2.81 bits per heavy atom. The molecule has 1 amide bonds. The molecule has 0 aliphatic heterocycles. The molecule has 0 aliphatic carbocycles. The number of rotatable bonds is 6. The summed E-state index contributed by atoms with van der Waals surface area (Å²) in [5.74, 6) is 0.110. The first-order valence-corrected chi connectivity index (χ1v) is 6.39. The molecule has 0 fully saturated rings. The fraction of sp³-hybridized carbons (Fsp3) is 0.583. The fourth-order valence-electron chi connectivity index (χ4n) is 1.40. The lowest BCUT2D eigenvalue weighted by molar-refractivity contribution is -0.121. The number of hydrogen-bond acceptors (Lipinski definition) is 3. The summed E-state index contributed by atoms with van der Waals surface area (Å²) in [6.07, 6.45) is 0.539. The third-order valence-electron chi connectivity index (χ3n) is 2.52. The average molecular weight is 240 g/mol. The van der Waals surface area contributed by atoms with Crippen molar-refractivity contribution in [3.63, 3.8) is 0 Å². The second kappa shape index (κ2) is 6.01. The van der Waals surface area contributed by atoms with Crippen LogP contribution in [0, 0.1) is 0 Å². The van der Waals surface area contributed by atoms with Gasteiger partial charge in [-0.1, -0.05) is 19.9 Å². The van der Waals surface area contributed by atoms with Gasteiger partial charge in [0.15, 0.2) is 0 Å². The van der Waals surface area contributed by atoms with Gasteiger partial charge in [0.2, 0.25) is 5.91 Å². The Bertz CT molecular complexity index is 320. The van der Waals surface area contributed by atoms with Crippen molar-refractivity contribution in [1.82, 2.24) is 10.6 Å². The van der Waals surface area contributed by atoms with E-state index in [2.05, 4.69) is 35.9 Å². The monoisotopic (exact) mass is 240 g/mol. The molecule has 1 heterocycles. The molecule has 90 valence electrons. The van der Waals surface area contributed by atoms with E-state index in [0.717, 1.165) is 6.54 Å². The van der Waals surface area contributed by atoms with Crippen LogP contribution in [0.1, 0.15) is 25.1 Å². The molecular weight excluding hydrogens is 220 g/mol. The van der Waals surface area contributed by atoms with E-state index in [4.69, 9.17) is 0 Å². The Labute approximate surface area is 101 Å². The van der Waals surface area contributed by atoms with E-state index in [0.29, 0.717) is 13.0 Å². The van der Waals surface area contributed by atoms with Gasteiger partial charge in [-0.2, -0.15) is 0 Å². The van der Waals surface area contributed by atoms with Crippen LogP contribution < -0.4 is 10.6 Å². The molecule has 0 unspecified atom stereocenters. The normalized spacial score (nSPS) is 11.4. The van der Waals surface area contributed by atoms with Crippen molar-refractivity contribution < 1.29 is 4.79 Å². The minimum atomic E-state index is 0.0173. The number of nitrogens with one attached hydrogen (secondary N) is 2. The van der Waals surface area contributed by atoms with Crippen LogP contribution in [0.2, 0.25) is 0 Å². The van der Waals surface area contributed by atoms with E-state index in [1.165, 1.54) is 4.88 Å². The van der Waals surface area contributed by atoms with Crippen molar-refractivity contribution in [2.24, 2.45) is 0 Å². The molecule has 0 aliphatic rings. The highest BCUT2D eigenvalue weighted by Gasteiger charge is 2.22. The van der Waals surface area contributed by atoms with Crippen LogP contribution in [0.15, 0.2) is 17.5 Å². The van der Waals surface area contributed by atoms with Crippen molar-refractivity contribution in [2.45, 2.75) is 25.7 Å². The summed E-state index contributed by atoms with van der Waals surface area (Å²) in [6.45, 7) is 5.72. The van der Waals surface area contributed by atoms with Gasteiger partial charge in [-0.05, 0) is 18.5 Å². The lowest BCUT2D eigenvalue weighted by atomic mass is 9.91. The predicted molar refractivity (Wildman–Crippen MR) is 68.9 cm³/mol. The van der Waals surface area contributed by atoms with E-state index < -0.39 is 0 Å². The molecule has 0 radical (unpaired) electrons. The number of carbonyl (C=O) groups is 1. The zero-order valence-corrected chi connectivity index (χ0v) is 11.0. The molecule has 0 aromatic carbocycles. The standard InChI is InChI=1S/C12H20N2OS/c1-12(2,10-5-4-8-16-10)9-14-11(15)6-7-13-3/h4-5,8,13H,6-7,9H2,1-3H3,(H,14,15). The molecule has 0 saturated carbocycles. The molecule has 0 bridgehead atoms. The van der Waals surface area contributed by atoms with Crippen LogP contribution in [0.5, 0.6) is 0 Å². The molecule has 0 saturated heterocycles. The van der Waals surface area contributed by atoms with Gasteiger partial charge in [0, 0.05) is 29.8 Å². The molecule has 1 aromatic heterocycles. The van der Waals surface area contributed by atoms with Crippen LogP contribution in [0.4, 0.5) is 0 Å². The number of amides is 1. The van der Waals surface area contributed by atoms with Crippen LogP contribution in [-0.2, 0) is 10.2 Å². The first-order chi connectivity index (χ1) is 7.56. The van der Waals surface area contributed by atoms with E-state index in [9.17, 15) is 4.79 Å². The SMILES string of the molecule is CNCCC(=O)NCC(C)(C)c1cccs1. The Morgan fingerprint density at radius 1 is 1.50 bits per heavy atom. The maximum atomic E-state index is 11.5. The molecule has 16 heavy (non-hydrogen) atoms. The highest BCUT2D eigenvalue weighted by Crippen LogP contribution is 2.26. The Hall–Kier alpha value is -0.870. The Morgan fingerprint density at radius 2 is 2.25 bits per heavy atom. The lowest BCUT2D eigenvalue weighted by Crippen LogP contribution is -2.37. The van der Waals surface area contributed by atoms with Gasteiger partial charge in [-0.3, -0.25) is 4.79 Å². The number of thiophene rings is 1. The Kier molecular flexibility index (Phi) is 4.96. The van der Waals surface area contributed by atoms with Gasteiger partial charge in [-0.25, -0.2) is 0 Å². The van der Waals surface area contributed by atoms with E-state index >= 15 is 0 Å². The van der Waals surface area contributed by atoms with E-state index in [-0.39, 0.29) is 11.3 Å². The summed E-state index contributed by atoms with van der Waals surface area (Å²) in [6, 6.07) is 4.16. The first-order valence-electron chi connectivity index (χ1n) is 5.51. The van der Waals surface area contributed by atoms with Crippen molar-refractivity contribution in [3.05, 3.63) is 22.4 Å². The van der Waals surface area contributed by atoms with Gasteiger partial charge in [0.05, 0.1) is 0 Å². The van der Waals surface area contributed by atoms with Gasteiger partial charge in [0.1, 0.15) is 0 Å². The molecule has 3 nitrogen and oxygen atoms in total. The minimum absolute atomic E-state index is 0.0173. The fourth-order valence-corrected chi connectivity index (χ4v) is 2.25. The molecule has 1 rings (SSSR count). The average Bonchev–Trinajstić information content (AvgIpc) is 2.77. The van der Waals surface area contributed by atoms with Crippen LogP contribution in [0.3, 0.4) is 0 Å². The van der Waals surface area contributed by atoms with Crippen molar-refractivity contribution in [3.8, 4) is 0 Å². The van der Waals surface area contributed by atoms with E-state index in [1.807, 2.05) is 13.1 Å². The second-order valence-electron chi connectivity index (χ2n) is 4.49. The number of hydrogen-bond donors (Lipinski definition) is 2. The second-order valence-corrected chi connectivity index (χ2v) is 5.44. The van der Waals surface area contributed by atoms with Crippen molar-refractivity contribution in [2.75, 3.05) is 20.1 Å². The molecular formula is C12H20N2OS. The van der Waals surface area contributed by atoms with Gasteiger partial charge in [-0.15, -0.1) is 11.3 Å². The minimum Gasteiger partial charge on any atom is -0.355 e. The summed E-state index contributed by atoms with van der Waals surface area (Å²) in [5, 5.41) is 8.01. The summed E-state index contributed by atoms with van der Waals surface area (Å²) in [5.41, 5.74) is 0.0173. The lowest BCUT2D eigenvalue weighted by Gasteiger charge is -2.23. The van der Waals surface area contributed by atoms with Crippen LogP contribution in [-0.4, -0.2) is 26.0 Å². The maximum absolute atomic E-state index is 11.5. The molecule has 0 atom stereocenters. The first kappa shape index (κ1) is 13.2. The molecule has 0 spiro atoms. The van der Waals surface area contributed by atoms with Crippen molar-refractivity contribution in [1.29, 1.82) is 0 Å². The highest BCUT2D eigenvalue weighted by molar-refractivity contribution is 7.10. The van der Waals surface area contributed by atoms with Crippen molar-refractivity contribution >= 4 is 17.2 Å². The maximum Gasteiger partial charge on any atom is 0.221 e. The molecule has 1 aromatic rings. The van der Waals surface area contributed by atoms with Gasteiger partial charge in [0.25, 0.3) is 0 Å². The van der Waals surface area contributed by atoms with Crippen LogP contribution >= 0.6 is 11.3 Å². The summed E-state index contributed by atoms with van der Waals surface area (Å²) >= 11 is 1.74. The summed E-state index contributed by atoms with van der Waals surface area (Å²) in [7, 11) is 1.85. The Balaban J connectivity index is 2.39. The summed E-state index contributed by atoms with van der Waals surface area (Å²) < 4.78 is 0. The predicted octanol–water partition coefficient (Wildman–Crippen LogP) is 1.75. The zero-order valence-electron chi connectivity index (χ0n) is 10.2. The molecule has 4 heteroatoms. The topological polar surface area (TPSA) is 41.1 Å². The quantitative estimate of drug-likeness (QED) is 0.795.